The molecule has 6 nitrogen and oxygen atoms in total. The van der Waals surface area contributed by atoms with Gasteiger partial charge >= 0.3 is 0 Å². The highest BCUT2D eigenvalue weighted by Crippen LogP contribution is 2.20. The van der Waals surface area contributed by atoms with Gasteiger partial charge in [-0.15, -0.1) is 15.3 Å². The largest absolute Gasteiger partial charge is 0.383 e. The number of hydrogen-bond donors (Lipinski definition) is 1. The Bertz CT molecular complexity index is 558. The monoisotopic (exact) mass is 263 g/mol. The van der Waals surface area contributed by atoms with Gasteiger partial charge in [-0.1, -0.05) is 20.8 Å². The molecule has 0 aromatic carbocycles. The lowest BCUT2D eigenvalue weighted by Crippen LogP contribution is -2.22. The lowest BCUT2D eigenvalue weighted by Gasteiger charge is -2.16. The van der Waals surface area contributed by atoms with Gasteiger partial charge in [0.2, 0.25) is 0 Å². The predicted octanol–water partition coefficient (Wildman–Crippen LogP) is 1.87. The molecule has 1 atom stereocenters. The van der Waals surface area contributed by atoms with E-state index in [0.29, 0.717) is 6.61 Å². The van der Waals surface area contributed by atoms with Crippen LogP contribution in [0.2, 0.25) is 0 Å². The van der Waals surface area contributed by atoms with Crippen LogP contribution in [0.4, 0.5) is 5.82 Å². The van der Waals surface area contributed by atoms with Gasteiger partial charge in [-0.05, 0) is 19.1 Å². The van der Waals surface area contributed by atoms with Crippen molar-refractivity contribution in [2.24, 2.45) is 0 Å². The first-order valence-corrected chi connectivity index (χ1v) is 6.40. The lowest BCUT2D eigenvalue weighted by molar-refractivity contribution is 0.190. The Morgan fingerprint density at radius 1 is 1.32 bits per heavy atom. The van der Waals surface area contributed by atoms with Crippen molar-refractivity contribution < 1.29 is 4.74 Å². The van der Waals surface area contributed by atoms with Gasteiger partial charge in [0, 0.05) is 18.6 Å². The van der Waals surface area contributed by atoms with Gasteiger partial charge in [-0.3, -0.25) is 0 Å². The van der Waals surface area contributed by atoms with Crippen LogP contribution in [0.1, 0.15) is 33.5 Å². The first kappa shape index (κ1) is 13.7. The van der Waals surface area contributed by atoms with Crippen molar-refractivity contribution in [1.29, 1.82) is 0 Å². The number of hydrogen-bond acceptors (Lipinski definition) is 5. The molecule has 0 aliphatic heterocycles. The van der Waals surface area contributed by atoms with Crippen LogP contribution in [0, 0.1) is 0 Å². The molecule has 104 valence electrons. The summed E-state index contributed by atoms with van der Waals surface area (Å²) in [6, 6.07) is 4.02. The molecule has 1 N–H and O–H groups in total. The summed E-state index contributed by atoms with van der Waals surface area (Å²) >= 11 is 0. The minimum Gasteiger partial charge on any atom is -0.383 e. The fraction of sp³-hybridized carbons (Fsp3) is 0.615. The smallest absolute Gasteiger partial charge is 0.178 e. The van der Waals surface area contributed by atoms with E-state index in [1.54, 1.807) is 11.6 Å². The van der Waals surface area contributed by atoms with Crippen molar-refractivity contribution in [3.63, 3.8) is 0 Å². The van der Waals surface area contributed by atoms with E-state index in [0.717, 1.165) is 17.3 Å². The van der Waals surface area contributed by atoms with Gasteiger partial charge in [0.05, 0.1) is 6.61 Å². The van der Waals surface area contributed by atoms with Crippen molar-refractivity contribution >= 4 is 11.5 Å². The number of ether oxygens (including phenoxy) is 1. The maximum Gasteiger partial charge on any atom is 0.178 e. The van der Waals surface area contributed by atoms with Crippen molar-refractivity contribution in [3.8, 4) is 0 Å². The third-order valence-corrected chi connectivity index (χ3v) is 2.74. The third kappa shape index (κ3) is 3.01. The molecular weight excluding hydrogens is 242 g/mol. The molecule has 0 aliphatic rings. The molecule has 2 aromatic rings. The molecule has 0 saturated heterocycles. The van der Waals surface area contributed by atoms with Crippen LogP contribution in [-0.4, -0.2) is 39.6 Å². The van der Waals surface area contributed by atoms with E-state index in [2.05, 4.69) is 41.4 Å². The van der Waals surface area contributed by atoms with E-state index in [1.165, 1.54) is 0 Å². The first-order chi connectivity index (χ1) is 8.91. The average Bonchev–Trinajstić information content (AvgIpc) is 2.71. The molecule has 2 rings (SSSR count). The first-order valence-electron chi connectivity index (χ1n) is 6.40. The van der Waals surface area contributed by atoms with Crippen LogP contribution >= 0.6 is 0 Å². The molecule has 19 heavy (non-hydrogen) atoms. The van der Waals surface area contributed by atoms with Gasteiger partial charge in [0.1, 0.15) is 5.82 Å². The van der Waals surface area contributed by atoms with E-state index in [9.17, 15) is 0 Å². The van der Waals surface area contributed by atoms with E-state index < -0.39 is 0 Å². The van der Waals surface area contributed by atoms with Crippen molar-refractivity contribution in [2.75, 3.05) is 19.0 Å². The highest BCUT2D eigenvalue weighted by atomic mass is 16.5. The molecule has 0 amide bonds. The maximum atomic E-state index is 5.10. The highest BCUT2D eigenvalue weighted by molar-refractivity contribution is 5.44. The zero-order valence-electron chi connectivity index (χ0n) is 12.1. The summed E-state index contributed by atoms with van der Waals surface area (Å²) in [5.74, 6) is 1.65. The second-order valence-electron chi connectivity index (χ2n) is 5.76. The second kappa shape index (κ2) is 5.13. The summed E-state index contributed by atoms with van der Waals surface area (Å²) in [6.07, 6.45) is 0. The summed E-state index contributed by atoms with van der Waals surface area (Å²) < 4.78 is 6.90. The van der Waals surface area contributed by atoms with Crippen molar-refractivity contribution in [2.45, 2.75) is 39.2 Å². The molecule has 2 aromatic heterocycles. The topological polar surface area (TPSA) is 64.3 Å². The molecule has 6 heteroatoms. The fourth-order valence-electron chi connectivity index (χ4n) is 1.88. The van der Waals surface area contributed by atoms with Gasteiger partial charge in [-0.2, -0.15) is 4.52 Å². The molecule has 0 saturated carbocycles. The molecular formula is C13H21N5O. The summed E-state index contributed by atoms with van der Waals surface area (Å²) in [7, 11) is 1.69. The van der Waals surface area contributed by atoms with Crippen LogP contribution in [0.25, 0.3) is 5.65 Å². The zero-order valence-corrected chi connectivity index (χ0v) is 12.1. The molecule has 0 spiro atoms. The SMILES string of the molecule is COCC(C)Nc1ccc2nnc(C(C)(C)C)n2n1. The molecule has 0 radical (unpaired) electrons. The van der Waals surface area contributed by atoms with E-state index in [1.807, 2.05) is 19.1 Å². The van der Waals surface area contributed by atoms with E-state index in [-0.39, 0.29) is 11.5 Å². The number of nitrogens with one attached hydrogen (secondary N) is 1. The minimum absolute atomic E-state index is 0.0941. The molecule has 0 aliphatic carbocycles. The molecule has 0 fully saturated rings. The average molecular weight is 263 g/mol. The number of nitrogens with zero attached hydrogens (tertiary/aromatic N) is 4. The van der Waals surface area contributed by atoms with Gasteiger partial charge in [0.25, 0.3) is 0 Å². The Labute approximate surface area is 113 Å². The predicted molar refractivity (Wildman–Crippen MR) is 74.4 cm³/mol. The van der Waals surface area contributed by atoms with Crippen LogP contribution < -0.4 is 5.32 Å². The zero-order chi connectivity index (χ0) is 14.0. The van der Waals surface area contributed by atoms with Gasteiger partial charge in [-0.25, -0.2) is 0 Å². The number of fused-ring (bicyclic) bond motifs is 1. The molecule has 2 heterocycles. The number of methoxy groups -OCH3 is 1. The Hall–Kier alpha value is -1.69. The van der Waals surface area contributed by atoms with Crippen molar-refractivity contribution in [3.05, 3.63) is 18.0 Å². The van der Waals surface area contributed by atoms with Crippen molar-refractivity contribution in [1.82, 2.24) is 19.8 Å². The number of rotatable bonds is 4. The normalized spacial score (nSPS) is 13.7. The summed E-state index contributed by atoms with van der Waals surface area (Å²) in [5.41, 5.74) is 0.665. The Balaban J connectivity index is 2.33. The quantitative estimate of drug-likeness (QED) is 0.912. The standard InChI is InChI=1S/C13H21N5O/c1-9(8-19-5)14-10-6-7-11-15-16-12(13(2,3)4)18(11)17-10/h6-7,9H,8H2,1-5H3,(H,14,17). The summed E-state index contributed by atoms with van der Waals surface area (Å²) in [6.45, 7) is 8.97. The van der Waals surface area contributed by atoms with Gasteiger partial charge < -0.3 is 10.1 Å². The second-order valence-corrected chi connectivity index (χ2v) is 5.76. The Morgan fingerprint density at radius 3 is 2.68 bits per heavy atom. The minimum atomic E-state index is -0.0941. The molecule has 1 unspecified atom stereocenters. The summed E-state index contributed by atoms with van der Waals surface area (Å²) in [5, 5.41) is 16.2. The van der Waals surface area contributed by atoms with Gasteiger partial charge in [0.15, 0.2) is 11.5 Å². The Morgan fingerprint density at radius 2 is 2.05 bits per heavy atom. The fourth-order valence-corrected chi connectivity index (χ4v) is 1.88. The maximum absolute atomic E-state index is 5.10. The Kier molecular flexibility index (Phi) is 3.71. The molecule has 0 bridgehead atoms. The van der Waals surface area contributed by atoms with Crippen LogP contribution in [-0.2, 0) is 10.2 Å². The lowest BCUT2D eigenvalue weighted by atomic mass is 9.96. The van der Waals surface area contributed by atoms with E-state index >= 15 is 0 Å². The number of anilines is 1. The van der Waals surface area contributed by atoms with E-state index in [4.69, 9.17) is 4.74 Å². The third-order valence-electron chi connectivity index (χ3n) is 2.74. The summed E-state index contributed by atoms with van der Waals surface area (Å²) in [4.78, 5) is 0. The highest BCUT2D eigenvalue weighted by Gasteiger charge is 2.21. The number of aromatic nitrogens is 4. The van der Waals surface area contributed by atoms with Crippen LogP contribution in [0.5, 0.6) is 0 Å². The van der Waals surface area contributed by atoms with Crippen LogP contribution in [0.3, 0.4) is 0 Å². The van der Waals surface area contributed by atoms with Crippen LogP contribution in [0.15, 0.2) is 12.1 Å².